The topological polar surface area (TPSA) is 112 Å². The monoisotopic (exact) mass is 454 g/mol. The summed E-state index contributed by atoms with van der Waals surface area (Å²) in [4.78, 5) is 29.2. The van der Waals surface area contributed by atoms with Crippen molar-refractivity contribution in [3.05, 3.63) is 0 Å². The van der Waals surface area contributed by atoms with Crippen molar-refractivity contribution in [2.24, 2.45) is 11.8 Å². The van der Waals surface area contributed by atoms with E-state index in [-0.39, 0.29) is 48.1 Å². The van der Waals surface area contributed by atoms with E-state index in [2.05, 4.69) is 36.6 Å². The summed E-state index contributed by atoms with van der Waals surface area (Å²) in [6, 6.07) is 3.94. The molecule has 8 heteroatoms. The Hall–Kier alpha value is -2.16. The number of carbonyl (C=O) groups excluding carboxylic acids is 2. The second kappa shape index (κ2) is 9.60. The number of carbonyl (C=O) groups is 2. The van der Waals surface area contributed by atoms with Crippen molar-refractivity contribution in [3.63, 3.8) is 0 Å². The molecular weight excluding hydrogens is 416 g/mol. The van der Waals surface area contributed by atoms with Crippen LogP contribution in [0.2, 0.25) is 0 Å². The van der Waals surface area contributed by atoms with Crippen molar-refractivity contribution < 1.29 is 9.59 Å². The van der Waals surface area contributed by atoms with Crippen molar-refractivity contribution in [2.75, 3.05) is 26.2 Å². The first-order valence-electron chi connectivity index (χ1n) is 12.6. The van der Waals surface area contributed by atoms with Gasteiger partial charge >= 0.3 is 0 Å². The van der Waals surface area contributed by atoms with Crippen molar-refractivity contribution >= 4 is 11.8 Å². The van der Waals surface area contributed by atoms with E-state index in [1.807, 2.05) is 0 Å². The van der Waals surface area contributed by atoms with Crippen LogP contribution in [0.3, 0.4) is 0 Å². The van der Waals surface area contributed by atoms with Gasteiger partial charge in [-0.3, -0.25) is 9.59 Å². The standard InChI is InChI=1S/C25H38N6O2/c1-18-9-19-11-24(2,28-15-22(32)30-7-3-5-20(30)13-26)17-25(10-18,12-19)29-16-23(33)31-8-4-6-21(31)14-27/h18-21,28-29H,3-12,15-17H2,1-2H3. The first kappa shape index (κ1) is 24.0. The Morgan fingerprint density at radius 3 is 2.09 bits per heavy atom. The van der Waals surface area contributed by atoms with E-state index in [0.717, 1.165) is 51.4 Å². The van der Waals surface area contributed by atoms with Crippen LogP contribution in [0.5, 0.6) is 0 Å². The van der Waals surface area contributed by atoms with Crippen LogP contribution in [0.1, 0.15) is 71.6 Å². The van der Waals surface area contributed by atoms with Crippen LogP contribution in [0.25, 0.3) is 0 Å². The fraction of sp³-hybridized carbons (Fsp3) is 0.840. The number of nitrogens with one attached hydrogen (secondary N) is 2. The summed E-state index contributed by atoms with van der Waals surface area (Å²) in [6.45, 7) is 6.37. The minimum absolute atomic E-state index is 0.0122. The van der Waals surface area contributed by atoms with Crippen LogP contribution in [0.4, 0.5) is 0 Å². The highest BCUT2D eigenvalue weighted by Crippen LogP contribution is 2.48. The number of fused-ring (bicyclic) bond motifs is 2. The highest BCUT2D eigenvalue weighted by Gasteiger charge is 2.50. The van der Waals surface area contributed by atoms with Crippen LogP contribution in [-0.4, -0.2) is 71.0 Å². The Balaban J connectivity index is 1.39. The molecule has 0 aromatic rings. The van der Waals surface area contributed by atoms with Gasteiger partial charge in [-0.05, 0) is 76.5 Å². The third-order valence-corrected chi connectivity index (χ3v) is 8.35. The van der Waals surface area contributed by atoms with Crippen LogP contribution in [-0.2, 0) is 9.59 Å². The van der Waals surface area contributed by atoms with Gasteiger partial charge in [0.1, 0.15) is 12.1 Å². The van der Waals surface area contributed by atoms with Crippen LogP contribution < -0.4 is 10.6 Å². The van der Waals surface area contributed by atoms with Gasteiger partial charge in [0.25, 0.3) is 0 Å². The average Bonchev–Trinajstić information content (AvgIpc) is 3.44. The minimum Gasteiger partial charge on any atom is -0.326 e. The number of amides is 2. The largest absolute Gasteiger partial charge is 0.326 e. The first-order valence-corrected chi connectivity index (χ1v) is 12.6. The van der Waals surface area contributed by atoms with Gasteiger partial charge < -0.3 is 20.4 Å². The molecule has 33 heavy (non-hydrogen) atoms. The lowest BCUT2D eigenvalue weighted by Gasteiger charge is -2.55. The lowest BCUT2D eigenvalue weighted by molar-refractivity contribution is -0.131. The SMILES string of the molecule is CC1CC2CC(C)(NCC(=O)N3CCCC3C#N)CC(NCC(=O)N3CCCC3C#N)(C1)C2. The van der Waals surface area contributed by atoms with E-state index in [0.29, 0.717) is 24.9 Å². The quantitative estimate of drug-likeness (QED) is 0.634. The van der Waals surface area contributed by atoms with E-state index >= 15 is 0 Å². The predicted octanol–water partition coefficient (Wildman–Crippen LogP) is 1.92. The number of nitriles is 2. The molecule has 2 amide bonds. The van der Waals surface area contributed by atoms with Gasteiger partial charge in [-0.15, -0.1) is 0 Å². The lowest BCUT2D eigenvalue weighted by Crippen LogP contribution is -2.64. The zero-order valence-electron chi connectivity index (χ0n) is 20.1. The van der Waals surface area contributed by atoms with Crippen LogP contribution in [0, 0.1) is 34.5 Å². The molecule has 4 aliphatic rings. The molecule has 2 saturated carbocycles. The molecule has 6 atom stereocenters. The second-order valence-corrected chi connectivity index (χ2v) is 11.3. The normalized spacial score (nSPS) is 38.1. The van der Waals surface area contributed by atoms with Crippen molar-refractivity contribution in [2.45, 2.75) is 94.8 Å². The molecule has 2 N–H and O–H groups in total. The lowest BCUT2D eigenvalue weighted by atomic mass is 9.58. The fourth-order valence-corrected chi connectivity index (χ4v) is 7.29. The molecule has 2 aliphatic carbocycles. The maximum absolute atomic E-state index is 12.9. The third-order valence-electron chi connectivity index (χ3n) is 8.35. The fourth-order valence-electron chi connectivity index (χ4n) is 7.29. The Morgan fingerprint density at radius 1 is 0.939 bits per heavy atom. The van der Waals surface area contributed by atoms with Crippen molar-refractivity contribution in [1.29, 1.82) is 10.5 Å². The van der Waals surface area contributed by atoms with Gasteiger partial charge in [0.2, 0.25) is 11.8 Å². The highest BCUT2D eigenvalue weighted by molar-refractivity contribution is 5.80. The van der Waals surface area contributed by atoms with Crippen LogP contribution in [0.15, 0.2) is 0 Å². The summed E-state index contributed by atoms with van der Waals surface area (Å²) in [7, 11) is 0. The Kier molecular flexibility index (Phi) is 6.98. The summed E-state index contributed by atoms with van der Waals surface area (Å²) >= 11 is 0. The number of hydrogen-bond acceptors (Lipinski definition) is 6. The highest BCUT2D eigenvalue weighted by atomic mass is 16.2. The van der Waals surface area contributed by atoms with Gasteiger partial charge in [-0.25, -0.2) is 0 Å². The van der Waals surface area contributed by atoms with E-state index in [9.17, 15) is 20.1 Å². The Morgan fingerprint density at radius 2 is 1.52 bits per heavy atom. The molecule has 4 rings (SSSR count). The zero-order chi connectivity index (χ0) is 23.6. The molecule has 2 heterocycles. The zero-order valence-corrected chi connectivity index (χ0v) is 20.1. The van der Waals surface area contributed by atoms with E-state index in [1.165, 1.54) is 6.42 Å². The van der Waals surface area contributed by atoms with Crippen molar-refractivity contribution in [1.82, 2.24) is 20.4 Å². The molecular formula is C25H38N6O2. The summed E-state index contributed by atoms with van der Waals surface area (Å²) in [5, 5.41) is 25.9. The molecule has 0 aromatic carbocycles. The molecule has 8 nitrogen and oxygen atoms in total. The van der Waals surface area contributed by atoms with Gasteiger partial charge in [-0.2, -0.15) is 10.5 Å². The number of rotatable bonds is 6. The summed E-state index contributed by atoms with van der Waals surface area (Å²) < 4.78 is 0. The molecule has 180 valence electrons. The summed E-state index contributed by atoms with van der Waals surface area (Å²) in [6.07, 6.45) is 8.47. The van der Waals surface area contributed by atoms with Gasteiger partial charge in [0.15, 0.2) is 0 Å². The third kappa shape index (κ3) is 5.18. The molecule has 6 unspecified atom stereocenters. The Bertz CT molecular complexity index is 843. The van der Waals surface area contributed by atoms with Gasteiger partial charge in [-0.1, -0.05) is 6.92 Å². The number of hydrogen-bond donors (Lipinski definition) is 2. The van der Waals surface area contributed by atoms with Crippen molar-refractivity contribution in [3.8, 4) is 12.1 Å². The van der Waals surface area contributed by atoms with E-state index < -0.39 is 0 Å². The summed E-state index contributed by atoms with van der Waals surface area (Å²) in [5.41, 5.74) is -0.328. The molecule has 4 fully saturated rings. The summed E-state index contributed by atoms with van der Waals surface area (Å²) in [5.74, 6) is 1.18. The molecule has 2 saturated heterocycles. The maximum atomic E-state index is 12.9. The molecule has 0 spiro atoms. The van der Waals surface area contributed by atoms with Gasteiger partial charge in [0.05, 0.1) is 25.2 Å². The molecule has 0 aromatic heterocycles. The Labute approximate surface area is 197 Å². The van der Waals surface area contributed by atoms with E-state index in [1.54, 1.807) is 9.80 Å². The molecule has 2 bridgehead atoms. The number of likely N-dealkylation sites (tertiary alicyclic amines) is 2. The number of nitrogens with zero attached hydrogens (tertiary/aromatic N) is 4. The maximum Gasteiger partial charge on any atom is 0.237 e. The smallest absolute Gasteiger partial charge is 0.237 e. The first-order chi connectivity index (χ1) is 15.8. The van der Waals surface area contributed by atoms with Crippen LogP contribution >= 0.6 is 0 Å². The van der Waals surface area contributed by atoms with Gasteiger partial charge in [0, 0.05) is 24.2 Å². The molecule has 0 radical (unpaired) electrons. The second-order valence-electron chi connectivity index (χ2n) is 11.3. The van der Waals surface area contributed by atoms with E-state index in [4.69, 9.17) is 0 Å². The molecule has 2 aliphatic heterocycles. The predicted molar refractivity (Wildman–Crippen MR) is 124 cm³/mol. The minimum atomic E-state index is -0.291. The average molecular weight is 455 g/mol.